The molecule has 2 fully saturated rings. The Morgan fingerprint density at radius 3 is 3.09 bits per heavy atom. The number of fused-ring (bicyclic) bond motifs is 1. The lowest BCUT2D eigenvalue weighted by Gasteiger charge is -2.29. The van der Waals surface area contributed by atoms with Gasteiger partial charge in [-0.3, -0.25) is 4.90 Å². The van der Waals surface area contributed by atoms with Crippen molar-refractivity contribution in [1.29, 1.82) is 0 Å². The molecule has 0 amide bonds. The monoisotopic (exact) mass is 155 g/mol. The lowest BCUT2D eigenvalue weighted by Crippen LogP contribution is -2.41. The molecule has 2 aliphatic rings. The minimum atomic E-state index is 0.208. The number of aliphatic hydroxyl groups is 1. The molecule has 0 bridgehead atoms. The Balaban J connectivity index is 2.15. The van der Waals surface area contributed by atoms with Gasteiger partial charge in [0.05, 0.1) is 6.61 Å². The predicted octanol–water partition coefficient (Wildman–Crippen LogP) is 0.853. The largest absolute Gasteiger partial charge is 0.394 e. The molecule has 0 aromatic carbocycles. The van der Waals surface area contributed by atoms with Crippen LogP contribution in [0.5, 0.6) is 0 Å². The highest BCUT2D eigenvalue weighted by molar-refractivity contribution is 5.01. The van der Waals surface area contributed by atoms with E-state index in [0.29, 0.717) is 6.61 Å². The van der Waals surface area contributed by atoms with E-state index in [1.54, 1.807) is 0 Å². The van der Waals surface area contributed by atoms with Gasteiger partial charge in [0.15, 0.2) is 0 Å². The third-order valence-corrected chi connectivity index (χ3v) is 3.30. The van der Waals surface area contributed by atoms with E-state index < -0.39 is 0 Å². The number of hydrogen-bond acceptors (Lipinski definition) is 2. The van der Waals surface area contributed by atoms with Gasteiger partial charge >= 0.3 is 0 Å². The average Bonchev–Trinajstić information content (AvgIpc) is 2.43. The number of aliphatic hydroxyl groups excluding tert-OH is 1. The topological polar surface area (TPSA) is 23.5 Å². The van der Waals surface area contributed by atoms with Crippen LogP contribution in [0.15, 0.2) is 0 Å². The summed E-state index contributed by atoms with van der Waals surface area (Å²) in [6.45, 7) is 5.08. The molecule has 2 aliphatic heterocycles. The van der Waals surface area contributed by atoms with Crippen molar-refractivity contribution >= 4 is 0 Å². The molecule has 0 spiro atoms. The highest BCUT2D eigenvalue weighted by atomic mass is 16.3. The lowest BCUT2D eigenvalue weighted by atomic mass is 9.92. The van der Waals surface area contributed by atoms with E-state index in [-0.39, 0.29) is 5.54 Å². The first-order valence-electron chi connectivity index (χ1n) is 4.63. The Hall–Kier alpha value is -0.0800. The van der Waals surface area contributed by atoms with Gasteiger partial charge < -0.3 is 5.11 Å². The van der Waals surface area contributed by atoms with Crippen LogP contribution in [0.25, 0.3) is 0 Å². The molecule has 2 heterocycles. The third-order valence-electron chi connectivity index (χ3n) is 3.30. The van der Waals surface area contributed by atoms with E-state index in [0.717, 1.165) is 5.92 Å². The number of hydrogen-bond donors (Lipinski definition) is 1. The van der Waals surface area contributed by atoms with E-state index >= 15 is 0 Å². The van der Waals surface area contributed by atoms with E-state index in [9.17, 15) is 5.11 Å². The molecule has 2 saturated heterocycles. The van der Waals surface area contributed by atoms with Crippen LogP contribution in [0, 0.1) is 5.92 Å². The van der Waals surface area contributed by atoms with Crippen LogP contribution in [0.3, 0.4) is 0 Å². The Kier molecular flexibility index (Phi) is 1.69. The van der Waals surface area contributed by atoms with Crippen molar-refractivity contribution in [2.45, 2.75) is 31.7 Å². The van der Waals surface area contributed by atoms with Crippen molar-refractivity contribution in [3.05, 3.63) is 0 Å². The van der Waals surface area contributed by atoms with Gasteiger partial charge in [-0.1, -0.05) is 6.92 Å². The van der Waals surface area contributed by atoms with Crippen molar-refractivity contribution in [3.63, 3.8) is 0 Å². The number of rotatable bonds is 1. The molecule has 1 N–H and O–H groups in total. The van der Waals surface area contributed by atoms with E-state index in [1.807, 2.05) is 0 Å². The maximum atomic E-state index is 9.30. The molecule has 0 aliphatic carbocycles. The first kappa shape index (κ1) is 7.56. The summed E-state index contributed by atoms with van der Waals surface area (Å²) in [5.74, 6) is 0.794. The summed E-state index contributed by atoms with van der Waals surface area (Å²) < 4.78 is 0. The second-order valence-corrected chi connectivity index (χ2v) is 4.24. The molecule has 0 aromatic rings. The highest BCUT2D eigenvalue weighted by Crippen LogP contribution is 2.40. The van der Waals surface area contributed by atoms with Crippen LogP contribution >= 0.6 is 0 Å². The van der Waals surface area contributed by atoms with Gasteiger partial charge in [0, 0.05) is 12.1 Å². The normalized spacial score (nSPS) is 44.7. The molecule has 0 saturated carbocycles. The molecule has 2 atom stereocenters. The number of nitrogens with zero attached hydrogens (tertiary/aromatic N) is 1. The molecule has 0 unspecified atom stereocenters. The van der Waals surface area contributed by atoms with Crippen molar-refractivity contribution < 1.29 is 5.11 Å². The van der Waals surface area contributed by atoms with Crippen molar-refractivity contribution in [3.8, 4) is 0 Å². The van der Waals surface area contributed by atoms with Crippen molar-refractivity contribution in [2.24, 2.45) is 5.92 Å². The molecule has 0 aromatic heterocycles. The third kappa shape index (κ3) is 1.00. The molecule has 0 radical (unpaired) electrons. The summed E-state index contributed by atoms with van der Waals surface area (Å²) in [7, 11) is 0. The van der Waals surface area contributed by atoms with E-state index in [4.69, 9.17) is 0 Å². The van der Waals surface area contributed by atoms with Crippen LogP contribution in [0.2, 0.25) is 0 Å². The maximum Gasteiger partial charge on any atom is 0.0615 e. The highest BCUT2D eigenvalue weighted by Gasteiger charge is 2.46. The van der Waals surface area contributed by atoms with Gasteiger partial charge in [0.25, 0.3) is 0 Å². The fraction of sp³-hybridized carbons (Fsp3) is 1.00. The average molecular weight is 155 g/mol. The van der Waals surface area contributed by atoms with Gasteiger partial charge in [0.1, 0.15) is 0 Å². The second kappa shape index (κ2) is 2.46. The molecule has 11 heavy (non-hydrogen) atoms. The lowest BCUT2D eigenvalue weighted by molar-refractivity contribution is 0.0998. The Labute approximate surface area is 68.2 Å². The van der Waals surface area contributed by atoms with Gasteiger partial charge in [0.2, 0.25) is 0 Å². The molecular weight excluding hydrogens is 138 g/mol. The van der Waals surface area contributed by atoms with Crippen LogP contribution in [0.1, 0.15) is 26.2 Å². The van der Waals surface area contributed by atoms with Crippen LogP contribution in [-0.2, 0) is 0 Å². The summed E-state index contributed by atoms with van der Waals surface area (Å²) in [6, 6.07) is 0. The minimum absolute atomic E-state index is 0.208. The van der Waals surface area contributed by atoms with Crippen molar-refractivity contribution in [2.75, 3.05) is 19.7 Å². The van der Waals surface area contributed by atoms with Gasteiger partial charge in [-0.05, 0) is 31.7 Å². The molecule has 2 nitrogen and oxygen atoms in total. The van der Waals surface area contributed by atoms with Crippen LogP contribution in [-0.4, -0.2) is 35.2 Å². The Bertz CT molecular complexity index is 160. The Morgan fingerprint density at radius 2 is 2.45 bits per heavy atom. The molecule has 2 rings (SSSR count). The second-order valence-electron chi connectivity index (χ2n) is 4.24. The standard InChI is InChI=1S/C9H17NO/c1-8-5-9(7-11)3-2-4-10(9)6-8/h8,11H,2-7H2,1H3/t8-,9+/m1/s1. The zero-order valence-corrected chi connectivity index (χ0v) is 7.21. The summed E-state index contributed by atoms with van der Waals surface area (Å²) in [5.41, 5.74) is 0.208. The summed E-state index contributed by atoms with van der Waals surface area (Å²) in [6.07, 6.45) is 3.71. The zero-order valence-electron chi connectivity index (χ0n) is 7.21. The summed E-state index contributed by atoms with van der Waals surface area (Å²) >= 11 is 0. The predicted molar refractivity (Wildman–Crippen MR) is 44.4 cm³/mol. The SMILES string of the molecule is C[C@H]1CN2CCC[C@@]2(CO)C1. The first-order valence-corrected chi connectivity index (χ1v) is 4.63. The smallest absolute Gasteiger partial charge is 0.0615 e. The fourth-order valence-corrected chi connectivity index (χ4v) is 2.84. The van der Waals surface area contributed by atoms with Gasteiger partial charge in [-0.2, -0.15) is 0 Å². The van der Waals surface area contributed by atoms with E-state index in [2.05, 4.69) is 11.8 Å². The quantitative estimate of drug-likeness (QED) is 0.607. The Morgan fingerprint density at radius 1 is 1.64 bits per heavy atom. The van der Waals surface area contributed by atoms with Crippen LogP contribution < -0.4 is 0 Å². The van der Waals surface area contributed by atoms with Gasteiger partial charge in [-0.15, -0.1) is 0 Å². The molecule has 64 valence electrons. The summed E-state index contributed by atoms with van der Waals surface area (Å²) in [5, 5.41) is 9.30. The summed E-state index contributed by atoms with van der Waals surface area (Å²) in [4.78, 5) is 2.48. The molecular formula is C9H17NO. The van der Waals surface area contributed by atoms with Crippen LogP contribution in [0.4, 0.5) is 0 Å². The maximum absolute atomic E-state index is 9.30. The van der Waals surface area contributed by atoms with Crippen molar-refractivity contribution in [1.82, 2.24) is 4.90 Å². The molecule has 2 heteroatoms. The first-order chi connectivity index (χ1) is 5.27. The zero-order chi connectivity index (χ0) is 7.90. The van der Waals surface area contributed by atoms with E-state index in [1.165, 1.54) is 32.4 Å². The van der Waals surface area contributed by atoms with Gasteiger partial charge in [-0.25, -0.2) is 0 Å². The minimum Gasteiger partial charge on any atom is -0.394 e. The fourth-order valence-electron chi connectivity index (χ4n) is 2.84.